The topological polar surface area (TPSA) is 56.2 Å². The maximum absolute atomic E-state index is 11.2. The lowest BCUT2D eigenvalue weighted by atomic mass is 10.2. The van der Waals surface area contributed by atoms with E-state index in [4.69, 9.17) is 5.41 Å². The zero-order chi connectivity index (χ0) is 13.1. The molecule has 0 rings (SSSR count). The monoisotopic (exact) mass is 257 g/mol. The average molecular weight is 257 g/mol. The number of hydrogen-bond donors (Lipinski definition) is 2. The zero-order valence-electron chi connectivity index (χ0n) is 11.0. The van der Waals surface area contributed by atoms with E-state index < -0.39 is 0 Å². The number of carbonyl (C=O) groups is 1. The van der Waals surface area contributed by atoms with Crippen LogP contribution in [0.15, 0.2) is 12.2 Å². The van der Waals surface area contributed by atoms with E-state index in [1.165, 1.54) is 35.9 Å². The fraction of sp³-hybridized carbons (Fsp3) is 0.667. The molecule has 5 heteroatoms. The van der Waals surface area contributed by atoms with Gasteiger partial charge in [-0.2, -0.15) is 0 Å². The van der Waals surface area contributed by atoms with Crippen molar-refractivity contribution in [1.29, 1.82) is 5.41 Å². The van der Waals surface area contributed by atoms with E-state index in [1.54, 1.807) is 14.1 Å². The highest BCUT2D eigenvalue weighted by Gasteiger charge is 2.05. The summed E-state index contributed by atoms with van der Waals surface area (Å²) in [6, 6.07) is -0.255. The van der Waals surface area contributed by atoms with Crippen LogP contribution in [-0.2, 0) is 0 Å². The van der Waals surface area contributed by atoms with E-state index >= 15 is 0 Å². The Hall–Kier alpha value is -0.970. The molecule has 98 valence electrons. The van der Waals surface area contributed by atoms with Gasteiger partial charge in [-0.1, -0.05) is 43.7 Å². The van der Waals surface area contributed by atoms with Crippen LogP contribution in [0.25, 0.3) is 0 Å². The summed E-state index contributed by atoms with van der Waals surface area (Å²) in [6.45, 7) is 2.19. The summed E-state index contributed by atoms with van der Waals surface area (Å²) < 4.78 is 0. The third-order valence-corrected chi connectivity index (χ3v) is 2.84. The second kappa shape index (κ2) is 10.2. The van der Waals surface area contributed by atoms with Gasteiger partial charge in [-0.3, -0.25) is 10.7 Å². The summed E-state index contributed by atoms with van der Waals surface area (Å²) in [5.74, 6) is 0.735. The molecule has 0 aromatic heterocycles. The second-order valence-corrected chi connectivity index (χ2v) is 4.96. The van der Waals surface area contributed by atoms with Gasteiger partial charge in [0.25, 0.3) is 0 Å². The number of urea groups is 1. The normalized spacial score (nSPS) is 10.5. The maximum Gasteiger partial charge on any atom is 0.322 e. The van der Waals surface area contributed by atoms with Gasteiger partial charge in [-0.05, 0) is 12.8 Å². The molecule has 17 heavy (non-hydrogen) atoms. The Balaban J connectivity index is 3.54. The molecule has 0 aromatic carbocycles. The van der Waals surface area contributed by atoms with E-state index in [-0.39, 0.29) is 11.2 Å². The highest BCUT2D eigenvalue weighted by molar-refractivity contribution is 8.13. The van der Waals surface area contributed by atoms with Crippen LogP contribution < -0.4 is 5.32 Å². The lowest BCUT2D eigenvalue weighted by Gasteiger charge is -2.11. The molecule has 0 fully saturated rings. The van der Waals surface area contributed by atoms with Crippen LogP contribution >= 0.6 is 11.8 Å². The van der Waals surface area contributed by atoms with Crippen molar-refractivity contribution in [2.45, 2.75) is 32.6 Å². The first-order chi connectivity index (χ1) is 8.07. The van der Waals surface area contributed by atoms with Crippen LogP contribution in [0, 0.1) is 5.41 Å². The number of unbranched alkanes of at least 4 members (excludes halogenated alkanes) is 3. The van der Waals surface area contributed by atoms with Crippen molar-refractivity contribution in [3.8, 4) is 0 Å². The van der Waals surface area contributed by atoms with E-state index in [2.05, 4.69) is 24.4 Å². The molecular formula is C12H23N3OS. The molecule has 0 spiro atoms. The maximum atomic E-state index is 11.2. The fourth-order valence-electron chi connectivity index (χ4n) is 1.07. The average Bonchev–Trinajstić information content (AvgIpc) is 2.27. The Bertz CT molecular complexity index is 264. The molecule has 0 bridgehead atoms. The third-order valence-electron chi connectivity index (χ3n) is 2.09. The summed E-state index contributed by atoms with van der Waals surface area (Å²) in [4.78, 5) is 12.6. The molecule has 4 nitrogen and oxygen atoms in total. The Morgan fingerprint density at radius 2 is 2.06 bits per heavy atom. The zero-order valence-corrected chi connectivity index (χ0v) is 11.8. The summed E-state index contributed by atoms with van der Waals surface area (Å²) in [5, 5.41) is 10.2. The van der Waals surface area contributed by atoms with Crippen molar-refractivity contribution < 1.29 is 4.79 Å². The predicted molar refractivity (Wildman–Crippen MR) is 75.7 cm³/mol. The van der Waals surface area contributed by atoms with Crippen molar-refractivity contribution in [2.75, 3.05) is 19.8 Å². The van der Waals surface area contributed by atoms with Gasteiger partial charge < -0.3 is 4.90 Å². The van der Waals surface area contributed by atoms with Crippen LogP contribution in [0.2, 0.25) is 0 Å². The number of nitrogens with zero attached hydrogens (tertiary/aromatic N) is 1. The highest BCUT2D eigenvalue weighted by Crippen LogP contribution is 2.03. The largest absolute Gasteiger partial charge is 0.331 e. The summed E-state index contributed by atoms with van der Waals surface area (Å²) in [6.07, 6.45) is 9.04. The fourth-order valence-corrected chi connectivity index (χ4v) is 1.63. The Morgan fingerprint density at radius 3 is 2.65 bits per heavy atom. The number of carbonyl (C=O) groups excluding carboxylic acids is 1. The van der Waals surface area contributed by atoms with Gasteiger partial charge in [0.15, 0.2) is 5.17 Å². The van der Waals surface area contributed by atoms with E-state index in [0.29, 0.717) is 0 Å². The molecule has 0 saturated carbocycles. The summed E-state index contributed by atoms with van der Waals surface area (Å²) in [5.41, 5.74) is 0. The van der Waals surface area contributed by atoms with Gasteiger partial charge in [0.05, 0.1) is 0 Å². The number of hydrogen-bond acceptors (Lipinski definition) is 3. The van der Waals surface area contributed by atoms with Crippen LogP contribution in [-0.4, -0.2) is 35.9 Å². The van der Waals surface area contributed by atoms with E-state index in [1.807, 2.05) is 0 Å². The first-order valence-corrected chi connectivity index (χ1v) is 6.91. The minimum atomic E-state index is -0.255. The lowest BCUT2D eigenvalue weighted by Crippen LogP contribution is -2.37. The number of amides is 2. The number of amidine groups is 1. The Kier molecular flexibility index (Phi) is 9.62. The van der Waals surface area contributed by atoms with Gasteiger partial charge in [0, 0.05) is 19.8 Å². The van der Waals surface area contributed by atoms with E-state index in [0.717, 1.165) is 12.2 Å². The van der Waals surface area contributed by atoms with Crippen LogP contribution in [0.5, 0.6) is 0 Å². The summed E-state index contributed by atoms with van der Waals surface area (Å²) >= 11 is 1.32. The van der Waals surface area contributed by atoms with Gasteiger partial charge in [-0.25, -0.2) is 4.79 Å². The molecule has 0 aliphatic carbocycles. The van der Waals surface area contributed by atoms with Crippen LogP contribution in [0.3, 0.4) is 0 Å². The number of rotatable bonds is 6. The predicted octanol–water partition coefficient (Wildman–Crippen LogP) is 3.06. The summed E-state index contributed by atoms with van der Waals surface area (Å²) in [7, 11) is 3.31. The first kappa shape index (κ1) is 16.0. The quantitative estimate of drug-likeness (QED) is 0.332. The second-order valence-electron chi connectivity index (χ2n) is 3.93. The molecule has 0 radical (unpaired) electrons. The molecular weight excluding hydrogens is 234 g/mol. The Morgan fingerprint density at radius 1 is 1.35 bits per heavy atom. The number of thioether (sulfide) groups is 1. The van der Waals surface area contributed by atoms with Crippen molar-refractivity contribution in [2.24, 2.45) is 0 Å². The van der Waals surface area contributed by atoms with Gasteiger partial charge in [0.2, 0.25) is 0 Å². The molecule has 0 atom stereocenters. The lowest BCUT2D eigenvalue weighted by molar-refractivity contribution is 0.222. The number of nitrogens with one attached hydrogen (secondary N) is 2. The highest BCUT2D eigenvalue weighted by atomic mass is 32.2. The SMILES string of the molecule is CCCCCC=CCSC(=N)NC(=O)N(C)C. The molecule has 0 unspecified atom stereocenters. The molecule has 0 aromatic rings. The Labute approximate surface area is 108 Å². The van der Waals surface area contributed by atoms with Crippen molar-refractivity contribution >= 4 is 23.0 Å². The molecule has 0 heterocycles. The first-order valence-electron chi connectivity index (χ1n) is 5.92. The van der Waals surface area contributed by atoms with E-state index in [9.17, 15) is 4.79 Å². The minimum absolute atomic E-state index is 0.196. The van der Waals surface area contributed by atoms with Gasteiger partial charge in [0.1, 0.15) is 0 Å². The van der Waals surface area contributed by atoms with Gasteiger partial charge >= 0.3 is 6.03 Å². The van der Waals surface area contributed by atoms with Crippen LogP contribution in [0.4, 0.5) is 4.79 Å². The van der Waals surface area contributed by atoms with Crippen molar-refractivity contribution in [3.63, 3.8) is 0 Å². The minimum Gasteiger partial charge on any atom is -0.331 e. The van der Waals surface area contributed by atoms with Crippen molar-refractivity contribution in [3.05, 3.63) is 12.2 Å². The molecule has 0 aliphatic heterocycles. The van der Waals surface area contributed by atoms with Crippen molar-refractivity contribution in [1.82, 2.24) is 10.2 Å². The smallest absolute Gasteiger partial charge is 0.322 e. The molecule has 2 N–H and O–H groups in total. The number of allylic oxidation sites excluding steroid dienone is 1. The third kappa shape index (κ3) is 9.93. The van der Waals surface area contributed by atoms with Crippen LogP contribution in [0.1, 0.15) is 32.6 Å². The molecule has 0 saturated heterocycles. The van der Waals surface area contributed by atoms with Gasteiger partial charge in [-0.15, -0.1) is 0 Å². The molecule has 2 amide bonds. The standard InChI is InChI=1S/C12H23N3OS/c1-4-5-6-7-8-9-10-17-11(13)14-12(16)15(2)3/h8-9H,4-7,10H2,1-3H3,(H2,13,14,16). The molecule has 0 aliphatic rings.